The molecule has 1 atom stereocenters. The van der Waals surface area contributed by atoms with Gasteiger partial charge in [-0.1, -0.05) is 29.8 Å². The summed E-state index contributed by atoms with van der Waals surface area (Å²) in [6, 6.07) is 15.0. The second kappa shape index (κ2) is 7.69. The smallest absolute Gasteiger partial charge is 0.124 e. The van der Waals surface area contributed by atoms with E-state index in [1.807, 2.05) is 12.1 Å². The lowest BCUT2D eigenvalue weighted by Crippen LogP contribution is -2.45. The molecule has 1 saturated heterocycles. The van der Waals surface area contributed by atoms with Crippen LogP contribution >= 0.6 is 0 Å². The lowest BCUT2D eigenvalue weighted by atomic mass is 9.94. The van der Waals surface area contributed by atoms with Crippen LogP contribution in [0.4, 0.5) is 0 Å². The molecule has 0 bridgehead atoms. The van der Waals surface area contributed by atoms with Gasteiger partial charge in [0.15, 0.2) is 0 Å². The van der Waals surface area contributed by atoms with Crippen molar-refractivity contribution in [2.24, 2.45) is 0 Å². The highest BCUT2D eigenvalue weighted by atomic mass is 16.5. The molecule has 0 radical (unpaired) electrons. The molecule has 2 aromatic carbocycles. The van der Waals surface area contributed by atoms with Gasteiger partial charge in [-0.05, 0) is 30.7 Å². The summed E-state index contributed by atoms with van der Waals surface area (Å²) in [4.78, 5) is 2.51. The Hall–Kier alpha value is -2.04. The van der Waals surface area contributed by atoms with Crippen molar-refractivity contribution < 1.29 is 9.47 Å². The molecule has 0 saturated carbocycles. The minimum absolute atomic E-state index is 0.165. The van der Waals surface area contributed by atoms with E-state index in [9.17, 15) is 0 Å². The maximum atomic E-state index is 5.66. The van der Waals surface area contributed by atoms with Crippen molar-refractivity contribution in [1.29, 1.82) is 0 Å². The van der Waals surface area contributed by atoms with Gasteiger partial charge < -0.3 is 14.8 Å². The molecule has 1 fully saturated rings. The number of piperazine rings is 1. The van der Waals surface area contributed by atoms with Gasteiger partial charge in [0.05, 0.1) is 20.3 Å². The number of hydrogen-bond acceptors (Lipinski definition) is 4. The van der Waals surface area contributed by atoms with Gasteiger partial charge >= 0.3 is 0 Å². The fourth-order valence-corrected chi connectivity index (χ4v) is 3.33. The molecule has 0 spiro atoms. The molecule has 24 heavy (non-hydrogen) atoms. The van der Waals surface area contributed by atoms with Crippen molar-refractivity contribution in [2.75, 3.05) is 40.4 Å². The van der Waals surface area contributed by atoms with Crippen molar-refractivity contribution in [2.45, 2.75) is 13.0 Å². The van der Waals surface area contributed by atoms with Crippen molar-refractivity contribution in [3.8, 4) is 11.5 Å². The monoisotopic (exact) mass is 326 g/mol. The first-order valence-corrected chi connectivity index (χ1v) is 8.46. The molecular weight excluding hydrogens is 300 g/mol. The van der Waals surface area contributed by atoms with E-state index in [2.05, 4.69) is 47.5 Å². The first kappa shape index (κ1) is 16.8. The van der Waals surface area contributed by atoms with Gasteiger partial charge in [0, 0.05) is 31.7 Å². The maximum Gasteiger partial charge on any atom is 0.124 e. The highest BCUT2D eigenvalue weighted by Crippen LogP contribution is 2.37. The number of nitrogens with zero attached hydrogens (tertiary/aromatic N) is 1. The van der Waals surface area contributed by atoms with Crippen LogP contribution in [-0.4, -0.2) is 45.3 Å². The number of hydrogen-bond donors (Lipinski definition) is 1. The van der Waals surface area contributed by atoms with E-state index >= 15 is 0 Å². The number of benzene rings is 2. The fourth-order valence-electron chi connectivity index (χ4n) is 3.33. The van der Waals surface area contributed by atoms with Crippen LogP contribution in [0.25, 0.3) is 0 Å². The Morgan fingerprint density at radius 1 is 0.958 bits per heavy atom. The number of nitrogens with one attached hydrogen (secondary N) is 1. The summed E-state index contributed by atoms with van der Waals surface area (Å²) in [5, 5.41) is 3.44. The number of methoxy groups -OCH3 is 2. The van der Waals surface area contributed by atoms with Crippen molar-refractivity contribution in [1.82, 2.24) is 10.2 Å². The molecule has 4 nitrogen and oxygen atoms in total. The largest absolute Gasteiger partial charge is 0.497 e. The molecular formula is C20H26N2O2. The van der Waals surface area contributed by atoms with E-state index in [4.69, 9.17) is 9.47 Å². The normalized spacial score (nSPS) is 16.6. The molecule has 3 rings (SSSR count). The second-order valence-electron chi connectivity index (χ2n) is 6.21. The highest BCUT2D eigenvalue weighted by molar-refractivity contribution is 5.46. The molecule has 0 amide bonds. The van der Waals surface area contributed by atoms with Gasteiger partial charge in [0.2, 0.25) is 0 Å². The quantitative estimate of drug-likeness (QED) is 0.916. The summed E-state index contributed by atoms with van der Waals surface area (Å²) in [5.41, 5.74) is 3.71. The first-order valence-electron chi connectivity index (χ1n) is 8.46. The summed E-state index contributed by atoms with van der Waals surface area (Å²) in [7, 11) is 3.44. The summed E-state index contributed by atoms with van der Waals surface area (Å²) in [6.07, 6.45) is 0. The molecule has 0 aliphatic carbocycles. The van der Waals surface area contributed by atoms with Gasteiger partial charge in [-0.3, -0.25) is 4.90 Å². The van der Waals surface area contributed by atoms with E-state index < -0.39 is 0 Å². The Bertz CT molecular complexity index is 664. The second-order valence-corrected chi connectivity index (χ2v) is 6.21. The number of rotatable bonds is 5. The molecule has 1 aliphatic heterocycles. The topological polar surface area (TPSA) is 33.7 Å². The van der Waals surface area contributed by atoms with Crippen LogP contribution < -0.4 is 14.8 Å². The van der Waals surface area contributed by atoms with Crippen molar-refractivity contribution in [3.05, 3.63) is 59.2 Å². The van der Waals surface area contributed by atoms with Crippen LogP contribution in [0.5, 0.6) is 11.5 Å². The number of aryl methyl sites for hydroxylation is 1. The van der Waals surface area contributed by atoms with Crippen LogP contribution in [0.3, 0.4) is 0 Å². The maximum absolute atomic E-state index is 5.66. The Labute approximate surface area is 144 Å². The van der Waals surface area contributed by atoms with Crippen molar-refractivity contribution >= 4 is 0 Å². The fraction of sp³-hybridized carbons (Fsp3) is 0.400. The van der Waals surface area contributed by atoms with E-state index in [1.54, 1.807) is 14.2 Å². The summed E-state index contributed by atoms with van der Waals surface area (Å²) < 4.78 is 11.1. The molecule has 1 heterocycles. The first-order chi connectivity index (χ1) is 11.7. The molecule has 0 aromatic heterocycles. The molecule has 1 N–H and O–H groups in total. The zero-order chi connectivity index (χ0) is 16.9. The van der Waals surface area contributed by atoms with Crippen LogP contribution in [-0.2, 0) is 0 Å². The Kier molecular flexibility index (Phi) is 5.38. The summed E-state index contributed by atoms with van der Waals surface area (Å²) in [5.74, 6) is 1.76. The lowest BCUT2D eigenvalue weighted by molar-refractivity contribution is 0.195. The predicted molar refractivity (Wildman–Crippen MR) is 97.0 cm³/mol. The minimum Gasteiger partial charge on any atom is -0.497 e. The number of ether oxygens (including phenoxy) is 2. The SMILES string of the molecule is COc1ccc(OC)c(C(c2ccc(C)cc2)N2CCNCC2)c1. The Morgan fingerprint density at radius 2 is 1.67 bits per heavy atom. The van der Waals surface area contributed by atoms with Gasteiger partial charge in [-0.15, -0.1) is 0 Å². The van der Waals surface area contributed by atoms with E-state index in [-0.39, 0.29) is 6.04 Å². The standard InChI is InChI=1S/C20H26N2O2/c1-15-4-6-16(7-5-15)20(22-12-10-21-11-13-22)18-14-17(23-2)8-9-19(18)24-3/h4-9,14,20-21H,10-13H2,1-3H3. The van der Waals surface area contributed by atoms with Crippen LogP contribution in [0.2, 0.25) is 0 Å². The highest BCUT2D eigenvalue weighted by Gasteiger charge is 2.27. The molecule has 4 heteroatoms. The average Bonchev–Trinajstić information content (AvgIpc) is 2.64. The third-order valence-electron chi connectivity index (χ3n) is 4.64. The Morgan fingerprint density at radius 3 is 2.29 bits per heavy atom. The third kappa shape index (κ3) is 3.55. The average molecular weight is 326 g/mol. The van der Waals surface area contributed by atoms with Crippen molar-refractivity contribution in [3.63, 3.8) is 0 Å². The lowest BCUT2D eigenvalue weighted by Gasteiger charge is -2.36. The van der Waals surface area contributed by atoms with E-state index in [0.717, 1.165) is 43.2 Å². The third-order valence-corrected chi connectivity index (χ3v) is 4.64. The minimum atomic E-state index is 0.165. The predicted octanol–water partition coefficient (Wildman–Crippen LogP) is 3.01. The van der Waals surface area contributed by atoms with Crippen LogP contribution in [0.15, 0.2) is 42.5 Å². The summed E-state index contributed by atoms with van der Waals surface area (Å²) in [6.45, 7) is 6.16. The van der Waals surface area contributed by atoms with Crippen LogP contribution in [0, 0.1) is 6.92 Å². The van der Waals surface area contributed by atoms with E-state index in [0.29, 0.717) is 0 Å². The molecule has 1 unspecified atom stereocenters. The van der Waals surface area contributed by atoms with Gasteiger partial charge in [-0.2, -0.15) is 0 Å². The van der Waals surface area contributed by atoms with Gasteiger partial charge in [0.1, 0.15) is 11.5 Å². The molecule has 128 valence electrons. The van der Waals surface area contributed by atoms with E-state index in [1.165, 1.54) is 11.1 Å². The van der Waals surface area contributed by atoms with Gasteiger partial charge in [0.25, 0.3) is 0 Å². The zero-order valence-corrected chi connectivity index (χ0v) is 14.7. The van der Waals surface area contributed by atoms with Gasteiger partial charge in [-0.25, -0.2) is 0 Å². The Balaban J connectivity index is 2.08. The van der Waals surface area contributed by atoms with Crippen LogP contribution in [0.1, 0.15) is 22.7 Å². The molecule has 1 aliphatic rings. The molecule has 2 aromatic rings. The zero-order valence-electron chi connectivity index (χ0n) is 14.7. The summed E-state index contributed by atoms with van der Waals surface area (Å²) >= 11 is 0.